The number of aromatic nitrogens is 2. The van der Waals surface area contributed by atoms with Crippen molar-refractivity contribution in [3.05, 3.63) is 30.6 Å². The van der Waals surface area contributed by atoms with E-state index in [1.807, 2.05) is 12.4 Å². The van der Waals surface area contributed by atoms with Crippen LogP contribution in [-0.2, 0) is 6.54 Å². The van der Waals surface area contributed by atoms with E-state index in [1.54, 1.807) is 0 Å². The molecule has 0 spiro atoms. The van der Waals surface area contributed by atoms with Crippen LogP contribution in [-0.4, -0.2) is 22.1 Å². The van der Waals surface area contributed by atoms with Gasteiger partial charge in [0.2, 0.25) is 0 Å². The lowest BCUT2D eigenvalue weighted by atomic mass is 10.0. The fraction of sp³-hybridized carbons (Fsp3) is 0.562. The molecule has 0 aliphatic heterocycles. The average molecular weight is 259 g/mol. The first-order valence-corrected chi connectivity index (χ1v) is 7.35. The van der Waals surface area contributed by atoms with Crippen molar-refractivity contribution < 1.29 is 0 Å². The third-order valence-electron chi connectivity index (χ3n) is 4.07. The number of benzene rings is 1. The molecule has 3 heteroatoms. The molecule has 1 N–H and O–H groups in total. The Morgan fingerprint density at radius 3 is 2.84 bits per heavy atom. The van der Waals surface area contributed by atoms with Crippen molar-refractivity contribution in [2.24, 2.45) is 5.92 Å². The Bertz CT molecular complexity index is 503. The maximum absolute atomic E-state index is 4.42. The normalized spacial score (nSPS) is 14.7. The zero-order chi connectivity index (χ0) is 13.7. The lowest BCUT2D eigenvalue weighted by Gasteiger charge is -2.19. The number of aryl methyl sites for hydroxylation is 1. The van der Waals surface area contributed by atoms with Crippen LogP contribution < -0.4 is 5.32 Å². The molecule has 0 aliphatic rings. The van der Waals surface area contributed by atoms with E-state index in [2.05, 4.69) is 53.8 Å². The molecule has 0 fully saturated rings. The Kier molecular flexibility index (Phi) is 4.97. The Labute approximate surface area is 116 Å². The Morgan fingerprint density at radius 1 is 1.26 bits per heavy atom. The lowest BCUT2D eigenvalue weighted by Crippen LogP contribution is -2.32. The highest BCUT2D eigenvalue weighted by Gasteiger charge is 2.08. The van der Waals surface area contributed by atoms with Gasteiger partial charge in [-0.15, -0.1) is 0 Å². The van der Waals surface area contributed by atoms with Gasteiger partial charge in [-0.3, -0.25) is 0 Å². The Hall–Kier alpha value is -1.35. The Balaban J connectivity index is 1.80. The van der Waals surface area contributed by atoms with Crippen molar-refractivity contribution >= 4 is 11.0 Å². The molecule has 3 nitrogen and oxygen atoms in total. The van der Waals surface area contributed by atoms with Gasteiger partial charge in [0.25, 0.3) is 0 Å². The molecule has 1 aromatic carbocycles. The predicted octanol–water partition coefficient (Wildman–Crippen LogP) is 3.45. The molecule has 0 saturated heterocycles. The predicted molar refractivity (Wildman–Crippen MR) is 81.3 cm³/mol. The van der Waals surface area contributed by atoms with Crippen LogP contribution in [0.3, 0.4) is 0 Å². The van der Waals surface area contributed by atoms with Crippen LogP contribution >= 0.6 is 0 Å². The fourth-order valence-corrected chi connectivity index (χ4v) is 2.32. The van der Waals surface area contributed by atoms with E-state index >= 15 is 0 Å². The summed E-state index contributed by atoms with van der Waals surface area (Å²) in [7, 11) is 0. The summed E-state index contributed by atoms with van der Waals surface area (Å²) in [5, 5.41) is 3.61. The molecule has 0 amide bonds. The topological polar surface area (TPSA) is 29.9 Å². The zero-order valence-corrected chi connectivity index (χ0v) is 12.3. The SMILES string of the molecule is CCC(C)C(C)NCCCn1cnc2ccccc21. The molecule has 1 heterocycles. The van der Waals surface area contributed by atoms with E-state index < -0.39 is 0 Å². The maximum Gasteiger partial charge on any atom is 0.0958 e. The van der Waals surface area contributed by atoms with Crippen LogP contribution in [0, 0.1) is 5.92 Å². The standard InChI is InChI=1S/C16H25N3/c1-4-13(2)14(3)17-10-7-11-19-12-18-15-8-5-6-9-16(15)19/h5-6,8-9,12-14,17H,4,7,10-11H2,1-3H3. The minimum Gasteiger partial charge on any atom is -0.331 e. The number of rotatable bonds is 7. The third kappa shape index (κ3) is 3.57. The van der Waals surface area contributed by atoms with Crippen molar-refractivity contribution in [1.29, 1.82) is 0 Å². The quantitative estimate of drug-likeness (QED) is 0.772. The summed E-state index contributed by atoms with van der Waals surface area (Å²) in [5.74, 6) is 0.745. The molecule has 19 heavy (non-hydrogen) atoms. The van der Waals surface area contributed by atoms with Gasteiger partial charge in [-0.05, 0) is 37.9 Å². The first-order chi connectivity index (χ1) is 9.22. The van der Waals surface area contributed by atoms with Gasteiger partial charge in [0.05, 0.1) is 17.4 Å². The van der Waals surface area contributed by atoms with Gasteiger partial charge in [-0.2, -0.15) is 0 Å². The van der Waals surface area contributed by atoms with E-state index in [0.717, 1.165) is 30.9 Å². The van der Waals surface area contributed by atoms with Crippen LogP contribution in [0.4, 0.5) is 0 Å². The number of fused-ring (bicyclic) bond motifs is 1. The van der Waals surface area contributed by atoms with Crippen LogP contribution in [0.1, 0.15) is 33.6 Å². The molecule has 104 valence electrons. The van der Waals surface area contributed by atoms with Crippen molar-refractivity contribution in [2.75, 3.05) is 6.54 Å². The minimum absolute atomic E-state index is 0.601. The highest BCUT2D eigenvalue weighted by atomic mass is 15.0. The van der Waals surface area contributed by atoms with E-state index in [0.29, 0.717) is 6.04 Å². The molecule has 2 rings (SSSR count). The van der Waals surface area contributed by atoms with Crippen LogP contribution in [0.25, 0.3) is 11.0 Å². The van der Waals surface area contributed by atoms with Crippen LogP contribution in [0.2, 0.25) is 0 Å². The van der Waals surface area contributed by atoms with Crippen molar-refractivity contribution in [2.45, 2.75) is 46.2 Å². The number of imidazole rings is 1. The summed E-state index contributed by atoms with van der Waals surface area (Å²) in [6.45, 7) is 8.93. The van der Waals surface area contributed by atoms with E-state index in [-0.39, 0.29) is 0 Å². The first kappa shape index (κ1) is 14.1. The third-order valence-corrected chi connectivity index (χ3v) is 4.07. The minimum atomic E-state index is 0.601. The average Bonchev–Trinajstić information content (AvgIpc) is 2.86. The number of para-hydroxylation sites is 2. The number of hydrogen-bond acceptors (Lipinski definition) is 2. The summed E-state index contributed by atoms with van der Waals surface area (Å²) in [6, 6.07) is 8.91. The first-order valence-electron chi connectivity index (χ1n) is 7.35. The summed E-state index contributed by atoms with van der Waals surface area (Å²) < 4.78 is 2.24. The molecule has 0 aliphatic carbocycles. The van der Waals surface area contributed by atoms with Gasteiger partial charge < -0.3 is 9.88 Å². The monoisotopic (exact) mass is 259 g/mol. The Morgan fingerprint density at radius 2 is 2.05 bits per heavy atom. The molecule has 2 unspecified atom stereocenters. The fourth-order valence-electron chi connectivity index (χ4n) is 2.32. The largest absolute Gasteiger partial charge is 0.331 e. The number of hydrogen-bond donors (Lipinski definition) is 1. The van der Waals surface area contributed by atoms with Gasteiger partial charge in [0.15, 0.2) is 0 Å². The molecule has 1 aromatic heterocycles. The highest BCUT2D eigenvalue weighted by Crippen LogP contribution is 2.12. The molecule has 0 bridgehead atoms. The molecule has 0 saturated carbocycles. The molecule has 0 radical (unpaired) electrons. The second kappa shape index (κ2) is 6.71. The van der Waals surface area contributed by atoms with Crippen molar-refractivity contribution in [1.82, 2.24) is 14.9 Å². The second-order valence-corrected chi connectivity index (χ2v) is 5.41. The van der Waals surface area contributed by atoms with Crippen molar-refractivity contribution in [3.8, 4) is 0 Å². The zero-order valence-electron chi connectivity index (χ0n) is 12.3. The number of nitrogens with zero attached hydrogens (tertiary/aromatic N) is 2. The smallest absolute Gasteiger partial charge is 0.0958 e. The molecule has 2 aromatic rings. The van der Waals surface area contributed by atoms with E-state index in [4.69, 9.17) is 0 Å². The maximum atomic E-state index is 4.42. The van der Waals surface area contributed by atoms with E-state index in [9.17, 15) is 0 Å². The van der Waals surface area contributed by atoms with Crippen LogP contribution in [0.5, 0.6) is 0 Å². The number of nitrogens with one attached hydrogen (secondary N) is 1. The summed E-state index contributed by atoms with van der Waals surface area (Å²) in [4.78, 5) is 4.42. The van der Waals surface area contributed by atoms with Gasteiger partial charge in [-0.1, -0.05) is 32.4 Å². The van der Waals surface area contributed by atoms with Gasteiger partial charge in [0.1, 0.15) is 0 Å². The summed E-state index contributed by atoms with van der Waals surface area (Å²) >= 11 is 0. The summed E-state index contributed by atoms with van der Waals surface area (Å²) in [5.41, 5.74) is 2.32. The molecule has 2 atom stereocenters. The lowest BCUT2D eigenvalue weighted by molar-refractivity contribution is 0.385. The van der Waals surface area contributed by atoms with Crippen molar-refractivity contribution in [3.63, 3.8) is 0 Å². The van der Waals surface area contributed by atoms with Gasteiger partial charge >= 0.3 is 0 Å². The van der Waals surface area contributed by atoms with Gasteiger partial charge in [-0.25, -0.2) is 4.98 Å². The molecular weight excluding hydrogens is 234 g/mol. The highest BCUT2D eigenvalue weighted by molar-refractivity contribution is 5.74. The molecular formula is C16H25N3. The van der Waals surface area contributed by atoms with Gasteiger partial charge in [0, 0.05) is 12.6 Å². The summed E-state index contributed by atoms with van der Waals surface area (Å²) in [6.07, 6.45) is 4.32. The van der Waals surface area contributed by atoms with Crippen LogP contribution in [0.15, 0.2) is 30.6 Å². The van der Waals surface area contributed by atoms with E-state index in [1.165, 1.54) is 11.9 Å². The second-order valence-electron chi connectivity index (χ2n) is 5.41.